The number of alkyl carbamates (subject to hydrolysis) is 1. The van der Waals surface area contributed by atoms with Gasteiger partial charge in [0, 0.05) is 0 Å². The molecule has 1 aliphatic heterocycles. The Bertz CT molecular complexity index is 572. The van der Waals surface area contributed by atoms with Gasteiger partial charge in [-0.1, -0.05) is 77.3 Å². The van der Waals surface area contributed by atoms with Crippen LogP contribution in [0.4, 0.5) is 4.79 Å². The Morgan fingerprint density at radius 1 is 1.32 bits per heavy atom. The number of amides is 2. The average molecular weight is 364 g/mol. The maximum absolute atomic E-state index is 11.5. The van der Waals surface area contributed by atoms with Gasteiger partial charge in [0.25, 0.3) is 0 Å². The minimum atomic E-state index is -1.69. The minimum absolute atomic E-state index is 0.298. The van der Waals surface area contributed by atoms with E-state index in [-0.39, 0.29) is 11.9 Å². The van der Waals surface area contributed by atoms with Gasteiger partial charge in [-0.05, 0) is 5.56 Å². The fourth-order valence-electron chi connectivity index (χ4n) is 1.81. The number of hydrogen-bond donors (Lipinski definition) is 2. The molecule has 0 saturated carbocycles. The summed E-state index contributed by atoms with van der Waals surface area (Å²) in [6, 6.07) is 8.55. The van der Waals surface area contributed by atoms with Gasteiger partial charge in [0.15, 0.2) is 0 Å². The zero-order valence-electron chi connectivity index (χ0n) is 11.3. The van der Waals surface area contributed by atoms with Crippen molar-refractivity contribution in [2.75, 3.05) is 6.61 Å². The summed E-state index contributed by atoms with van der Waals surface area (Å²) in [6.07, 6.45) is 2.83. The lowest BCUT2D eigenvalue weighted by atomic mass is 9.98. The summed E-state index contributed by atoms with van der Waals surface area (Å²) < 4.78 is 3.03. The van der Waals surface area contributed by atoms with Crippen molar-refractivity contribution in [3.63, 3.8) is 0 Å². The first-order valence-corrected chi connectivity index (χ1v) is 7.52. The Morgan fingerprint density at radius 2 is 2.00 bits per heavy atom. The van der Waals surface area contributed by atoms with Crippen molar-refractivity contribution >= 4 is 52.9 Å². The van der Waals surface area contributed by atoms with Crippen LogP contribution in [0.25, 0.3) is 6.08 Å². The van der Waals surface area contributed by atoms with Gasteiger partial charge in [0.1, 0.15) is 12.6 Å². The molecule has 8 heteroatoms. The SMILES string of the molecule is O=C(NC1C(=O)NC1/C=C/c1ccccc1)OCC(Cl)(Cl)Cl. The Morgan fingerprint density at radius 3 is 2.59 bits per heavy atom. The molecule has 5 nitrogen and oxygen atoms in total. The molecular formula is C14H13Cl3N2O3. The number of alkyl halides is 3. The van der Waals surface area contributed by atoms with Crippen molar-refractivity contribution < 1.29 is 14.3 Å². The summed E-state index contributed by atoms with van der Waals surface area (Å²) in [7, 11) is 0. The Kier molecular flexibility index (Phi) is 5.56. The molecule has 1 heterocycles. The van der Waals surface area contributed by atoms with Crippen molar-refractivity contribution in [3.05, 3.63) is 42.0 Å². The summed E-state index contributed by atoms with van der Waals surface area (Å²) in [5, 5.41) is 5.09. The van der Waals surface area contributed by atoms with Crippen molar-refractivity contribution in [3.8, 4) is 0 Å². The van der Waals surface area contributed by atoms with Gasteiger partial charge >= 0.3 is 6.09 Å². The molecule has 22 heavy (non-hydrogen) atoms. The van der Waals surface area contributed by atoms with E-state index in [2.05, 4.69) is 10.6 Å². The minimum Gasteiger partial charge on any atom is -0.445 e. The molecule has 0 spiro atoms. The summed E-state index contributed by atoms with van der Waals surface area (Å²) in [4.78, 5) is 23.0. The van der Waals surface area contributed by atoms with E-state index in [4.69, 9.17) is 39.5 Å². The molecule has 118 valence electrons. The van der Waals surface area contributed by atoms with Crippen molar-refractivity contribution in [2.45, 2.75) is 15.9 Å². The number of carbonyl (C=O) groups is 2. The lowest BCUT2D eigenvalue weighted by Crippen LogP contribution is -2.68. The van der Waals surface area contributed by atoms with E-state index in [1.807, 2.05) is 36.4 Å². The predicted molar refractivity (Wildman–Crippen MR) is 86.0 cm³/mol. The topological polar surface area (TPSA) is 67.4 Å². The Hall–Kier alpha value is -1.43. The van der Waals surface area contributed by atoms with Crippen LogP contribution in [0.15, 0.2) is 36.4 Å². The van der Waals surface area contributed by atoms with Crippen LogP contribution in [0.3, 0.4) is 0 Å². The monoisotopic (exact) mass is 362 g/mol. The third kappa shape index (κ3) is 5.09. The molecule has 2 unspecified atom stereocenters. The first-order chi connectivity index (χ1) is 10.3. The number of ether oxygens (including phenoxy) is 1. The van der Waals surface area contributed by atoms with E-state index < -0.39 is 22.5 Å². The van der Waals surface area contributed by atoms with Gasteiger partial charge in [-0.25, -0.2) is 4.79 Å². The molecule has 1 aromatic carbocycles. The van der Waals surface area contributed by atoms with Gasteiger partial charge in [-0.15, -0.1) is 0 Å². The van der Waals surface area contributed by atoms with Crippen LogP contribution >= 0.6 is 34.8 Å². The second-order valence-electron chi connectivity index (χ2n) is 4.62. The van der Waals surface area contributed by atoms with E-state index in [1.54, 1.807) is 6.08 Å². The molecule has 0 aliphatic carbocycles. The summed E-state index contributed by atoms with van der Waals surface area (Å²) in [6.45, 7) is -0.400. The van der Waals surface area contributed by atoms with E-state index in [0.29, 0.717) is 0 Å². The summed E-state index contributed by atoms with van der Waals surface area (Å²) in [5.74, 6) is -0.298. The highest BCUT2D eigenvalue weighted by molar-refractivity contribution is 6.67. The van der Waals surface area contributed by atoms with Gasteiger partial charge < -0.3 is 15.4 Å². The van der Waals surface area contributed by atoms with Crippen LogP contribution in [0.1, 0.15) is 5.56 Å². The number of β-lactam (4-membered cyclic amide) rings is 1. The average Bonchev–Trinajstić information content (AvgIpc) is 2.47. The second-order valence-corrected chi connectivity index (χ2v) is 7.13. The van der Waals surface area contributed by atoms with E-state index in [0.717, 1.165) is 5.56 Å². The van der Waals surface area contributed by atoms with Crippen LogP contribution in [0.2, 0.25) is 0 Å². The van der Waals surface area contributed by atoms with E-state index in [1.165, 1.54) is 0 Å². The van der Waals surface area contributed by atoms with Crippen molar-refractivity contribution in [2.24, 2.45) is 0 Å². The molecule has 1 aromatic rings. The largest absolute Gasteiger partial charge is 0.445 e. The zero-order chi connectivity index (χ0) is 16.2. The number of nitrogens with one attached hydrogen (secondary N) is 2. The first-order valence-electron chi connectivity index (χ1n) is 6.39. The standard InChI is InChI=1S/C14H13Cl3N2O3/c15-14(16,17)8-22-13(21)19-11-10(18-12(11)20)7-6-9-4-2-1-3-5-9/h1-7,10-11H,8H2,(H,18,20)(H,19,21)/b7-6+. The van der Waals surface area contributed by atoms with Crippen LogP contribution in [-0.2, 0) is 9.53 Å². The van der Waals surface area contributed by atoms with Crippen LogP contribution in [0.5, 0.6) is 0 Å². The number of benzene rings is 1. The Balaban J connectivity index is 1.86. The number of halogens is 3. The van der Waals surface area contributed by atoms with Gasteiger partial charge in [0.2, 0.25) is 9.70 Å². The molecule has 2 amide bonds. The van der Waals surface area contributed by atoms with Gasteiger partial charge in [0.05, 0.1) is 6.04 Å². The molecule has 1 saturated heterocycles. The highest BCUT2D eigenvalue weighted by Crippen LogP contribution is 2.25. The molecule has 0 radical (unpaired) electrons. The molecule has 1 aliphatic rings. The van der Waals surface area contributed by atoms with Crippen LogP contribution in [0, 0.1) is 0 Å². The fourth-order valence-corrected chi connectivity index (χ4v) is 1.98. The Labute approximate surface area is 142 Å². The first kappa shape index (κ1) is 16.9. The van der Waals surface area contributed by atoms with E-state index in [9.17, 15) is 9.59 Å². The van der Waals surface area contributed by atoms with Crippen molar-refractivity contribution in [1.29, 1.82) is 0 Å². The molecule has 0 bridgehead atoms. The second kappa shape index (κ2) is 7.22. The van der Waals surface area contributed by atoms with E-state index >= 15 is 0 Å². The number of hydrogen-bond acceptors (Lipinski definition) is 3. The van der Waals surface area contributed by atoms with Gasteiger partial charge in [-0.3, -0.25) is 4.79 Å². The number of rotatable bonds is 4. The number of carbonyl (C=O) groups excluding carboxylic acids is 2. The van der Waals surface area contributed by atoms with Crippen LogP contribution in [-0.4, -0.2) is 34.5 Å². The molecule has 1 fully saturated rings. The smallest absolute Gasteiger partial charge is 0.408 e. The lowest BCUT2D eigenvalue weighted by Gasteiger charge is -2.34. The van der Waals surface area contributed by atoms with Crippen molar-refractivity contribution in [1.82, 2.24) is 10.6 Å². The maximum Gasteiger partial charge on any atom is 0.408 e. The third-order valence-electron chi connectivity index (χ3n) is 2.89. The highest BCUT2D eigenvalue weighted by atomic mass is 35.6. The fraction of sp³-hybridized carbons (Fsp3) is 0.286. The normalized spacial score (nSPS) is 21.1. The molecule has 2 N–H and O–H groups in total. The summed E-state index contributed by atoms with van der Waals surface area (Å²) >= 11 is 16.4. The van der Waals surface area contributed by atoms with Gasteiger partial charge in [-0.2, -0.15) is 0 Å². The lowest BCUT2D eigenvalue weighted by molar-refractivity contribution is -0.130. The quantitative estimate of drug-likeness (QED) is 0.638. The molecule has 2 atom stereocenters. The molecule has 0 aromatic heterocycles. The van der Waals surface area contributed by atoms with Crippen LogP contribution < -0.4 is 10.6 Å². The zero-order valence-corrected chi connectivity index (χ0v) is 13.5. The third-order valence-corrected chi connectivity index (χ3v) is 3.21. The predicted octanol–water partition coefficient (Wildman–Crippen LogP) is 2.66. The molecule has 2 rings (SSSR count). The maximum atomic E-state index is 11.5. The molecular weight excluding hydrogens is 351 g/mol. The summed E-state index contributed by atoms with van der Waals surface area (Å²) in [5.41, 5.74) is 0.987. The highest BCUT2D eigenvalue weighted by Gasteiger charge is 2.39.